The summed E-state index contributed by atoms with van der Waals surface area (Å²) < 4.78 is 26.7. The quantitative estimate of drug-likeness (QED) is 0.610. The number of sulfonamides is 1. The average Bonchev–Trinajstić information content (AvgIpc) is 3.60. The summed E-state index contributed by atoms with van der Waals surface area (Å²) >= 11 is 0. The van der Waals surface area contributed by atoms with E-state index in [1.54, 1.807) is 10.5 Å². The molecule has 0 bridgehead atoms. The highest BCUT2D eigenvalue weighted by Crippen LogP contribution is 2.34. The Balaban J connectivity index is 1.40. The number of piperidine rings is 1. The van der Waals surface area contributed by atoms with Crippen LogP contribution in [0.25, 0.3) is 21.9 Å². The van der Waals surface area contributed by atoms with Crippen molar-refractivity contribution in [2.75, 3.05) is 24.1 Å². The highest BCUT2D eigenvalue weighted by Gasteiger charge is 2.41. The first kappa shape index (κ1) is 19.3. The van der Waals surface area contributed by atoms with E-state index >= 15 is 0 Å². The minimum atomic E-state index is -3.08. The van der Waals surface area contributed by atoms with E-state index in [0.717, 1.165) is 59.0 Å². The van der Waals surface area contributed by atoms with Gasteiger partial charge in [0.1, 0.15) is 0 Å². The summed E-state index contributed by atoms with van der Waals surface area (Å²) in [7, 11) is -3.08. The van der Waals surface area contributed by atoms with Gasteiger partial charge in [0.05, 0.1) is 5.25 Å². The monoisotopic (exact) mass is 422 g/mol. The van der Waals surface area contributed by atoms with Gasteiger partial charge in [0, 0.05) is 48.3 Å². The Morgan fingerprint density at radius 1 is 1.00 bits per heavy atom. The Kier molecular flexibility index (Phi) is 4.87. The number of pyridine rings is 1. The zero-order valence-corrected chi connectivity index (χ0v) is 17.6. The van der Waals surface area contributed by atoms with Crippen LogP contribution in [0, 0.1) is 0 Å². The molecule has 2 aromatic carbocycles. The van der Waals surface area contributed by atoms with E-state index in [1.165, 1.54) is 0 Å². The van der Waals surface area contributed by atoms with Crippen LogP contribution in [-0.4, -0.2) is 42.1 Å². The number of rotatable bonds is 5. The van der Waals surface area contributed by atoms with Crippen molar-refractivity contribution in [2.24, 2.45) is 0 Å². The van der Waals surface area contributed by atoms with E-state index < -0.39 is 10.0 Å². The average molecular weight is 423 g/mol. The van der Waals surface area contributed by atoms with Crippen molar-refractivity contribution in [2.45, 2.75) is 37.0 Å². The molecule has 1 aromatic heterocycles. The molecule has 2 fully saturated rings. The molecular formula is C23H26N4O2S. The summed E-state index contributed by atoms with van der Waals surface area (Å²) in [5.41, 5.74) is 9.92. The van der Waals surface area contributed by atoms with Crippen LogP contribution in [0.4, 0.5) is 11.4 Å². The molecule has 5 rings (SSSR count). The zero-order chi connectivity index (χ0) is 20.7. The summed E-state index contributed by atoms with van der Waals surface area (Å²) in [6.45, 7) is 1.17. The van der Waals surface area contributed by atoms with Crippen LogP contribution in [0.15, 0.2) is 54.9 Å². The summed E-state index contributed by atoms with van der Waals surface area (Å²) in [4.78, 5) is 4.31. The molecule has 1 aliphatic carbocycles. The molecule has 3 N–H and O–H groups in total. The van der Waals surface area contributed by atoms with E-state index in [0.29, 0.717) is 13.1 Å². The van der Waals surface area contributed by atoms with Gasteiger partial charge >= 0.3 is 0 Å². The van der Waals surface area contributed by atoms with Crippen molar-refractivity contribution < 1.29 is 8.42 Å². The first-order valence-corrected chi connectivity index (χ1v) is 12.0. The molecule has 6 nitrogen and oxygen atoms in total. The molecule has 0 spiro atoms. The smallest absolute Gasteiger partial charge is 0.216 e. The van der Waals surface area contributed by atoms with Gasteiger partial charge in [0.2, 0.25) is 10.0 Å². The number of nitrogens with one attached hydrogen (secondary N) is 1. The Morgan fingerprint density at radius 2 is 1.80 bits per heavy atom. The third-order valence-electron chi connectivity index (χ3n) is 6.09. The first-order valence-electron chi connectivity index (χ1n) is 10.5. The number of aromatic nitrogens is 1. The number of nitrogens with two attached hydrogens (primary N) is 1. The van der Waals surface area contributed by atoms with Gasteiger partial charge in [-0.2, -0.15) is 0 Å². The Bertz CT molecular complexity index is 1180. The number of benzene rings is 2. The lowest BCUT2D eigenvalue weighted by molar-refractivity contribution is 0.329. The van der Waals surface area contributed by atoms with Crippen LogP contribution in [0.5, 0.6) is 0 Å². The maximum Gasteiger partial charge on any atom is 0.216 e. The lowest BCUT2D eigenvalue weighted by Crippen LogP contribution is -2.43. The highest BCUT2D eigenvalue weighted by atomic mass is 32.2. The second kappa shape index (κ2) is 7.56. The van der Waals surface area contributed by atoms with Crippen LogP contribution in [0.2, 0.25) is 0 Å². The molecule has 3 aromatic rings. The Labute approximate surface area is 177 Å². The summed E-state index contributed by atoms with van der Waals surface area (Å²) in [5.74, 6) is 0. The van der Waals surface area contributed by atoms with E-state index in [4.69, 9.17) is 5.73 Å². The van der Waals surface area contributed by atoms with Gasteiger partial charge in [-0.1, -0.05) is 12.1 Å². The number of nitrogen functional groups attached to an aromatic ring is 1. The highest BCUT2D eigenvalue weighted by molar-refractivity contribution is 7.90. The predicted octanol–water partition coefficient (Wildman–Crippen LogP) is 3.85. The molecule has 0 amide bonds. The van der Waals surface area contributed by atoms with Crippen LogP contribution >= 0.6 is 0 Å². The molecule has 1 aliphatic heterocycles. The van der Waals surface area contributed by atoms with Crippen molar-refractivity contribution >= 4 is 32.2 Å². The lowest BCUT2D eigenvalue weighted by Gasteiger charge is -2.32. The number of hydrogen-bond donors (Lipinski definition) is 2. The number of nitrogens with zero attached hydrogens (tertiary/aromatic N) is 2. The third-order valence-corrected chi connectivity index (χ3v) is 8.49. The van der Waals surface area contributed by atoms with Gasteiger partial charge in [-0.25, -0.2) is 12.7 Å². The fourth-order valence-corrected chi connectivity index (χ4v) is 6.13. The second-order valence-corrected chi connectivity index (χ2v) is 10.5. The Morgan fingerprint density at radius 3 is 2.53 bits per heavy atom. The van der Waals surface area contributed by atoms with E-state index in [2.05, 4.69) is 28.5 Å². The standard InChI is InChI=1S/C23H26N4O2S/c24-19-3-1-2-16(13-19)18-12-17-6-9-25-15-22(17)23(14-18)26-20-7-10-27(11-8-20)30(28,29)21-4-5-21/h1-3,6,9,12-15,20-21,26H,4-5,7-8,10-11,24H2. The second-order valence-electron chi connectivity index (χ2n) is 8.31. The van der Waals surface area contributed by atoms with Gasteiger partial charge in [0.15, 0.2) is 0 Å². The van der Waals surface area contributed by atoms with Gasteiger partial charge in [0.25, 0.3) is 0 Å². The normalized spacial score (nSPS) is 18.5. The predicted molar refractivity (Wildman–Crippen MR) is 122 cm³/mol. The molecular weight excluding hydrogens is 396 g/mol. The van der Waals surface area contributed by atoms with Gasteiger partial charge in [-0.15, -0.1) is 0 Å². The maximum atomic E-state index is 12.5. The summed E-state index contributed by atoms with van der Waals surface area (Å²) in [6, 6.07) is 14.4. The summed E-state index contributed by atoms with van der Waals surface area (Å²) in [6.07, 6.45) is 6.92. The zero-order valence-electron chi connectivity index (χ0n) is 16.8. The molecule has 0 unspecified atom stereocenters. The third kappa shape index (κ3) is 3.75. The van der Waals surface area contributed by atoms with Crippen molar-refractivity contribution in [3.8, 4) is 11.1 Å². The van der Waals surface area contributed by atoms with Crippen molar-refractivity contribution in [3.05, 3.63) is 54.9 Å². The van der Waals surface area contributed by atoms with E-state index in [9.17, 15) is 8.42 Å². The first-order chi connectivity index (χ1) is 14.5. The minimum Gasteiger partial charge on any atom is -0.399 e. The van der Waals surface area contributed by atoms with E-state index in [-0.39, 0.29) is 11.3 Å². The van der Waals surface area contributed by atoms with Crippen LogP contribution in [-0.2, 0) is 10.0 Å². The van der Waals surface area contributed by atoms with Crippen molar-refractivity contribution in [3.63, 3.8) is 0 Å². The molecule has 1 saturated carbocycles. The number of hydrogen-bond acceptors (Lipinski definition) is 5. The number of anilines is 2. The van der Waals surface area contributed by atoms with E-state index in [1.807, 2.05) is 30.5 Å². The topological polar surface area (TPSA) is 88.3 Å². The molecule has 7 heteroatoms. The largest absolute Gasteiger partial charge is 0.399 e. The van der Waals surface area contributed by atoms with Crippen molar-refractivity contribution in [1.82, 2.24) is 9.29 Å². The molecule has 2 aliphatic rings. The maximum absolute atomic E-state index is 12.5. The minimum absolute atomic E-state index is 0.132. The van der Waals surface area contributed by atoms with Crippen LogP contribution < -0.4 is 11.1 Å². The van der Waals surface area contributed by atoms with Gasteiger partial charge in [-0.3, -0.25) is 4.98 Å². The van der Waals surface area contributed by atoms with Gasteiger partial charge < -0.3 is 11.1 Å². The van der Waals surface area contributed by atoms with Crippen molar-refractivity contribution in [1.29, 1.82) is 0 Å². The fraction of sp³-hybridized carbons (Fsp3) is 0.348. The van der Waals surface area contributed by atoms with Crippen LogP contribution in [0.1, 0.15) is 25.7 Å². The summed E-state index contributed by atoms with van der Waals surface area (Å²) in [5, 5.41) is 5.72. The molecule has 2 heterocycles. The van der Waals surface area contributed by atoms with Crippen LogP contribution in [0.3, 0.4) is 0 Å². The molecule has 156 valence electrons. The van der Waals surface area contributed by atoms with Gasteiger partial charge in [-0.05, 0) is 72.5 Å². The number of fused-ring (bicyclic) bond motifs is 1. The molecule has 1 saturated heterocycles. The Hall–Kier alpha value is -2.64. The fourth-order valence-electron chi connectivity index (χ4n) is 4.25. The molecule has 0 radical (unpaired) electrons. The molecule has 30 heavy (non-hydrogen) atoms. The SMILES string of the molecule is Nc1cccc(-c2cc(NC3CCN(S(=O)(=O)C4CC4)CC3)c3cnccc3c2)c1. The molecule has 0 atom stereocenters. The lowest BCUT2D eigenvalue weighted by atomic mass is 9.99.